The highest BCUT2D eigenvalue weighted by Gasteiger charge is 2.53. The van der Waals surface area contributed by atoms with Crippen molar-refractivity contribution >= 4 is 29.9 Å². The minimum Gasteiger partial charge on any atom is -0.494 e. The van der Waals surface area contributed by atoms with Crippen LogP contribution >= 0.6 is 11.3 Å². The zero-order valence-corrected chi connectivity index (χ0v) is 20.3. The van der Waals surface area contributed by atoms with Gasteiger partial charge >= 0.3 is 0 Å². The van der Waals surface area contributed by atoms with Gasteiger partial charge < -0.3 is 19.4 Å². The van der Waals surface area contributed by atoms with Crippen LogP contribution in [-0.4, -0.2) is 34.7 Å². The van der Waals surface area contributed by atoms with Gasteiger partial charge in [0.2, 0.25) is 11.8 Å². The highest BCUT2D eigenvalue weighted by Crippen LogP contribution is 2.59. The highest BCUT2D eigenvalue weighted by molar-refractivity contribution is 7.16. The summed E-state index contributed by atoms with van der Waals surface area (Å²) in [5.41, 5.74) is 3.92. The summed E-state index contributed by atoms with van der Waals surface area (Å²) in [6.07, 6.45) is 4.20. The number of benzene rings is 1. The molecule has 5 rings (SSSR count). The maximum absolute atomic E-state index is 11.2. The van der Waals surface area contributed by atoms with Gasteiger partial charge in [0, 0.05) is 13.0 Å². The lowest BCUT2D eigenvalue weighted by molar-refractivity contribution is -0.0195. The van der Waals surface area contributed by atoms with Crippen molar-refractivity contribution in [2.24, 2.45) is 0 Å². The summed E-state index contributed by atoms with van der Waals surface area (Å²) in [5, 5.41) is 22.4. The van der Waals surface area contributed by atoms with E-state index in [2.05, 4.69) is 38.8 Å². The molecule has 0 amide bonds. The summed E-state index contributed by atoms with van der Waals surface area (Å²) in [7, 11) is -1.89. The number of nitrogens with zero attached hydrogens (tertiary/aromatic N) is 2. The van der Waals surface area contributed by atoms with E-state index in [1.54, 1.807) is 5.51 Å². The minimum atomic E-state index is -1.89. The maximum atomic E-state index is 11.2. The third kappa shape index (κ3) is 3.00. The monoisotopic (exact) mass is 456 g/mol. The number of aromatic nitrogens is 2. The molecule has 6 nitrogen and oxygen atoms in total. The van der Waals surface area contributed by atoms with E-state index in [-0.39, 0.29) is 22.9 Å². The fourth-order valence-corrected chi connectivity index (χ4v) is 6.02. The fraction of sp³-hybridized carbons (Fsp3) is 0.435. The van der Waals surface area contributed by atoms with Crippen molar-refractivity contribution in [3.05, 3.63) is 47.0 Å². The van der Waals surface area contributed by atoms with Crippen LogP contribution in [0.2, 0.25) is 18.1 Å². The summed E-state index contributed by atoms with van der Waals surface area (Å²) in [4.78, 5) is 4.31. The molecule has 2 bridgehead atoms. The third-order valence-electron chi connectivity index (χ3n) is 7.06. The molecule has 31 heavy (non-hydrogen) atoms. The second-order valence-corrected chi connectivity index (χ2v) is 15.6. The molecule has 2 aliphatic heterocycles. The van der Waals surface area contributed by atoms with E-state index in [0.29, 0.717) is 29.8 Å². The van der Waals surface area contributed by atoms with Gasteiger partial charge in [0.25, 0.3) is 0 Å². The molecule has 1 aromatic carbocycles. The van der Waals surface area contributed by atoms with Crippen LogP contribution in [0.15, 0.2) is 35.9 Å². The molecule has 2 N–H and O–H groups in total. The predicted molar refractivity (Wildman–Crippen MR) is 125 cm³/mol. The van der Waals surface area contributed by atoms with Crippen molar-refractivity contribution in [3.63, 3.8) is 0 Å². The summed E-state index contributed by atoms with van der Waals surface area (Å²) in [6.45, 7) is 11.7. The van der Waals surface area contributed by atoms with Crippen LogP contribution in [0.3, 0.4) is 0 Å². The molecule has 3 aromatic rings. The average molecular weight is 457 g/mol. The molecule has 164 valence electrons. The van der Waals surface area contributed by atoms with E-state index in [9.17, 15) is 10.2 Å². The van der Waals surface area contributed by atoms with Crippen LogP contribution in [0.5, 0.6) is 11.8 Å². The van der Waals surface area contributed by atoms with Gasteiger partial charge in [-0.2, -0.15) is 0 Å². The lowest BCUT2D eigenvalue weighted by Crippen LogP contribution is -2.41. The second kappa shape index (κ2) is 6.68. The standard InChI is InChI=1S/C23H28N2O4SSi/c1-22(2,3)31(4,5)28-11-10-23-9-8-16(29-23)18-19(23)21(27)25(20(18)26)14-6-7-15-17(12-14)30-13-24-15/h6-9,12-13,16,26-27H,10-11H2,1-5H3. The maximum Gasteiger partial charge on any atom is 0.205 e. The van der Waals surface area contributed by atoms with Gasteiger partial charge in [-0.25, -0.2) is 4.98 Å². The normalized spacial score (nSPS) is 22.5. The molecule has 2 unspecified atom stereocenters. The van der Waals surface area contributed by atoms with Gasteiger partial charge in [0.1, 0.15) is 11.7 Å². The predicted octanol–water partition coefficient (Wildman–Crippen LogP) is 5.75. The molecule has 0 fully saturated rings. The summed E-state index contributed by atoms with van der Waals surface area (Å²) in [5.74, 6) is 0.0495. The van der Waals surface area contributed by atoms with Crippen LogP contribution in [0.1, 0.15) is 44.4 Å². The average Bonchev–Trinajstić information content (AvgIpc) is 3.43. The van der Waals surface area contributed by atoms with Crippen molar-refractivity contribution in [1.29, 1.82) is 0 Å². The molecule has 2 aromatic heterocycles. The van der Waals surface area contributed by atoms with Gasteiger partial charge in [-0.15, -0.1) is 11.3 Å². The molecule has 2 aliphatic rings. The Hall–Kier alpha value is -2.13. The van der Waals surface area contributed by atoms with Crippen molar-refractivity contribution in [2.45, 2.75) is 57.0 Å². The Morgan fingerprint density at radius 3 is 2.77 bits per heavy atom. The van der Waals surface area contributed by atoms with Crippen molar-refractivity contribution < 1.29 is 19.4 Å². The Labute approximate surface area is 186 Å². The molecule has 4 heterocycles. The summed E-state index contributed by atoms with van der Waals surface area (Å²) in [6, 6.07) is 5.70. The van der Waals surface area contributed by atoms with Crippen molar-refractivity contribution in [3.8, 4) is 17.4 Å². The largest absolute Gasteiger partial charge is 0.494 e. The Bertz CT molecular complexity index is 1210. The summed E-state index contributed by atoms with van der Waals surface area (Å²) >= 11 is 1.53. The molecule has 0 saturated carbocycles. The van der Waals surface area contributed by atoms with Crippen molar-refractivity contribution in [1.82, 2.24) is 9.55 Å². The first-order chi connectivity index (χ1) is 14.5. The van der Waals surface area contributed by atoms with Crippen LogP contribution in [-0.2, 0) is 14.8 Å². The zero-order chi connectivity index (χ0) is 22.2. The van der Waals surface area contributed by atoms with Crippen LogP contribution in [0, 0.1) is 0 Å². The van der Waals surface area contributed by atoms with E-state index >= 15 is 0 Å². The molecule has 0 saturated heterocycles. The first-order valence-electron chi connectivity index (χ1n) is 10.6. The van der Waals surface area contributed by atoms with E-state index in [0.717, 1.165) is 10.2 Å². The quantitative estimate of drug-likeness (QED) is 0.378. The number of thiazole rings is 1. The van der Waals surface area contributed by atoms with E-state index in [4.69, 9.17) is 9.16 Å². The van der Waals surface area contributed by atoms with Gasteiger partial charge in [0.05, 0.1) is 32.5 Å². The molecular weight excluding hydrogens is 428 g/mol. The Balaban J connectivity index is 1.49. The number of hydrogen-bond donors (Lipinski definition) is 2. The SMILES string of the molecule is CC(C)(C)[Si](C)(C)OCCC12C=CC(O1)c1c2c(O)n(-c2ccc3ncsc3c2)c1O. The first kappa shape index (κ1) is 20.8. The van der Waals surface area contributed by atoms with Crippen LogP contribution in [0.25, 0.3) is 15.9 Å². The van der Waals surface area contributed by atoms with Gasteiger partial charge in [0.15, 0.2) is 8.32 Å². The lowest BCUT2D eigenvalue weighted by Gasteiger charge is -2.37. The number of fused-ring (bicyclic) bond motifs is 6. The van der Waals surface area contributed by atoms with Gasteiger partial charge in [-0.1, -0.05) is 26.8 Å². The minimum absolute atomic E-state index is 0.0236. The second-order valence-electron chi connectivity index (χ2n) is 9.92. The van der Waals surface area contributed by atoms with E-state index < -0.39 is 13.9 Å². The molecule has 0 aliphatic carbocycles. The first-order valence-corrected chi connectivity index (χ1v) is 14.3. The Morgan fingerprint density at radius 1 is 1.26 bits per heavy atom. The van der Waals surface area contributed by atoms with E-state index in [1.807, 2.05) is 30.4 Å². The summed E-state index contributed by atoms with van der Waals surface area (Å²) < 4.78 is 15.2. The highest BCUT2D eigenvalue weighted by atomic mass is 32.1. The lowest BCUT2D eigenvalue weighted by atomic mass is 9.87. The molecule has 2 atom stereocenters. The van der Waals surface area contributed by atoms with Gasteiger partial charge in [-0.3, -0.25) is 4.57 Å². The molecule has 0 spiro atoms. The smallest absolute Gasteiger partial charge is 0.205 e. The third-order valence-corrected chi connectivity index (χ3v) is 12.4. The van der Waals surface area contributed by atoms with E-state index in [1.165, 1.54) is 15.9 Å². The van der Waals surface area contributed by atoms with Crippen molar-refractivity contribution in [2.75, 3.05) is 6.61 Å². The number of aromatic hydroxyl groups is 2. The molecule has 8 heteroatoms. The topological polar surface area (TPSA) is 76.7 Å². The molecular formula is C23H28N2O4SSi. The fourth-order valence-electron chi connectivity index (χ4n) is 4.27. The van der Waals surface area contributed by atoms with Gasteiger partial charge in [-0.05, 0) is 42.4 Å². The van der Waals surface area contributed by atoms with Crippen LogP contribution in [0.4, 0.5) is 0 Å². The van der Waals surface area contributed by atoms with Crippen LogP contribution < -0.4 is 0 Å². The Kier molecular flexibility index (Phi) is 4.47. The zero-order valence-electron chi connectivity index (χ0n) is 18.5. The number of rotatable bonds is 5. The number of ether oxygens (including phenoxy) is 1. The Morgan fingerprint density at radius 2 is 2.03 bits per heavy atom. The number of hydrogen-bond acceptors (Lipinski definition) is 6. The molecule has 0 radical (unpaired) electrons.